The Kier molecular flexibility index (Phi) is 3.93. The summed E-state index contributed by atoms with van der Waals surface area (Å²) in [4.78, 5) is 0. The highest BCUT2D eigenvalue weighted by atomic mass is 79.9. The SMILES string of the molecule is COc1cc(OC)c(/C=N\n2cnnc2)cc1Br. The van der Waals surface area contributed by atoms with Crippen molar-refractivity contribution < 1.29 is 9.47 Å². The van der Waals surface area contributed by atoms with Crippen molar-refractivity contribution in [2.24, 2.45) is 5.10 Å². The van der Waals surface area contributed by atoms with Crippen LogP contribution in [0.1, 0.15) is 5.56 Å². The van der Waals surface area contributed by atoms with Crippen LogP contribution >= 0.6 is 15.9 Å². The summed E-state index contributed by atoms with van der Waals surface area (Å²) in [6, 6.07) is 3.66. The third-order valence-corrected chi connectivity index (χ3v) is 2.86. The largest absolute Gasteiger partial charge is 0.496 e. The molecule has 0 unspecified atom stereocenters. The summed E-state index contributed by atoms with van der Waals surface area (Å²) in [6.45, 7) is 0. The van der Waals surface area contributed by atoms with Crippen molar-refractivity contribution in [2.45, 2.75) is 0 Å². The molecule has 0 N–H and O–H groups in total. The Morgan fingerprint density at radius 1 is 1.17 bits per heavy atom. The lowest BCUT2D eigenvalue weighted by molar-refractivity contribution is 0.392. The number of hydrogen-bond acceptors (Lipinski definition) is 5. The lowest BCUT2D eigenvalue weighted by Gasteiger charge is -2.09. The number of hydrogen-bond donors (Lipinski definition) is 0. The van der Waals surface area contributed by atoms with Crippen molar-refractivity contribution in [3.05, 3.63) is 34.8 Å². The molecule has 7 heteroatoms. The fourth-order valence-corrected chi connectivity index (χ4v) is 1.89. The van der Waals surface area contributed by atoms with Crippen molar-refractivity contribution in [2.75, 3.05) is 14.2 Å². The van der Waals surface area contributed by atoms with E-state index in [1.165, 1.54) is 17.3 Å². The lowest BCUT2D eigenvalue weighted by atomic mass is 10.2. The maximum absolute atomic E-state index is 5.28. The molecule has 2 aromatic rings. The van der Waals surface area contributed by atoms with E-state index in [1.807, 2.05) is 6.07 Å². The van der Waals surface area contributed by atoms with Crippen LogP contribution in [0.4, 0.5) is 0 Å². The molecule has 94 valence electrons. The highest BCUT2D eigenvalue weighted by Crippen LogP contribution is 2.31. The van der Waals surface area contributed by atoms with Crippen LogP contribution in [0.3, 0.4) is 0 Å². The highest BCUT2D eigenvalue weighted by molar-refractivity contribution is 9.10. The minimum Gasteiger partial charge on any atom is -0.496 e. The second-order valence-electron chi connectivity index (χ2n) is 3.32. The monoisotopic (exact) mass is 310 g/mol. The van der Waals surface area contributed by atoms with Gasteiger partial charge in [-0.2, -0.15) is 5.10 Å². The Hall–Kier alpha value is -1.89. The van der Waals surface area contributed by atoms with E-state index in [4.69, 9.17) is 9.47 Å². The van der Waals surface area contributed by atoms with E-state index in [0.29, 0.717) is 11.5 Å². The molecule has 0 aliphatic rings. The van der Waals surface area contributed by atoms with Crippen LogP contribution in [0.5, 0.6) is 11.5 Å². The number of ether oxygens (including phenoxy) is 2. The molecule has 6 nitrogen and oxygen atoms in total. The molecule has 0 spiro atoms. The van der Waals surface area contributed by atoms with Gasteiger partial charge in [-0.3, -0.25) is 0 Å². The van der Waals surface area contributed by atoms with E-state index in [0.717, 1.165) is 10.0 Å². The number of rotatable bonds is 4. The number of methoxy groups -OCH3 is 2. The number of benzene rings is 1. The van der Waals surface area contributed by atoms with Crippen LogP contribution in [0.15, 0.2) is 34.4 Å². The van der Waals surface area contributed by atoms with Crippen LogP contribution in [0.2, 0.25) is 0 Å². The van der Waals surface area contributed by atoms with Gasteiger partial charge in [0.25, 0.3) is 0 Å². The summed E-state index contributed by atoms with van der Waals surface area (Å²) < 4.78 is 12.8. The second-order valence-corrected chi connectivity index (χ2v) is 4.17. The number of nitrogens with zero attached hydrogens (tertiary/aromatic N) is 4. The van der Waals surface area contributed by atoms with Gasteiger partial charge < -0.3 is 9.47 Å². The van der Waals surface area contributed by atoms with Gasteiger partial charge in [0.2, 0.25) is 0 Å². The van der Waals surface area contributed by atoms with E-state index < -0.39 is 0 Å². The van der Waals surface area contributed by atoms with E-state index in [1.54, 1.807) is 26.5 Å². The van der Waals surface area contributed by atoms with E-state index in [2.05, 4.69) is 31.2 Å². The van der Waals surface area contributed by atoms with Gasteiger partial charge in [0.1, 0.15) is 24.2 Å². The Morgan fingerprint density at radius 2 is 1.83 bits per heavy atom. The smallest absolute Gasteiger partial charge is 0.141 e. The lowest BCUT2D eigenvalue weighted by Crippen LogP contribution is -1.95. The van der Waals surface area contributed by atoms with Gasteiger partial charge in [-0.1, -0.05) is 0 Å². The molecule has 0 atom stereocenters. The summed E-state index contributed by atoms with van der Waals surface area (Å²) in [5.41, 5.74) is 0.818. The van der Waals surface area contributed by atoms with Crippen LogP contribution in [0, 0.1) is 0 Å². The van der Waals surface area contributed by atoms with Crippen LogP contribution in [0.25, 0.3) is 0 Å². The van der Waals surface area contributed by atoms with Gasteiger partial charge >= 0.3 is 0 Å². The Bertz CT molecular complexity index is 554. The van der Waals surface area contributed by atoms with Crippen molar-refractivity contribution in [1.82, 2.24) is 14.9 Å². The summed E-state index contributed by atoms with van der Waals surface area (Å²) in [7, 11) is 3.20. The zero-order valence-corrected chi connectivity index (χ0v) is 11.5. The van der Waals surface area contributed by atoms with Crippen LogP contribution in [-0.2, 0) is 0 Å². The average Bonchev–Trinajstić information content (AvgIpc) is 2.89. The Morgan fingerprint density at radius 3 is 2.44 bits per heavy atom. The molecule has 0 radical (unpaired) electrons. The van der Waals surface area contributed by atoms with E-state index in [9.17, 15) is 0 Å². The van der Waals surface area contributed by atoms with Crippen molar-refractivity contribution in [3.63, 3.8) is 0 Å². The van der Waals surface area contributed by atoms with Crippen LogP contribution in [-0.4, -0.2) is 35.3 Å². The Balaban J connectivity index is 2.35. The fourth-order valence-electron chi connectivity index (χ4n) is 1.37. The molecule has 0 saturated carbocycles. The minimum absolute atomic E-state index is 0.673. The predicted molar refractivity (Wildman–Crippen MR) is 70.3 cm³/mol. The number of halogens is 1. The minimum atomic E-state index is 0.673. The maximum atomic E-state index is 5.28. The van der Waals surface area contributed by atoms with Gasteiger partial charge in [0.15, 0.2) is 0 Å². The zero-order chi connectivity index (χ0) is 13.0. The Labute approximate surface area is 112 Å². The first-order chi connectivity index (χ1) is 8.74. The van der Waals surface area contributed by atoms with Crippen LogP contribution < -0.4 is 9.47 Å². The van der Waals surface area contributed by atoms with Crippen molar-refractivity contribution in [3.8, 4) is 11.5 Å². The average molecular weight is 311 g/mol. The quantitative estimate of drug-likeness (QED) is 0.810. The molecule has 1 aromatic carbocycles. The molecule has 18 heavy (non-hydrogen) atoms. The molecule has 0 aliphatic carbocycles. The topological polar surface area (TPSA) is 61.5 Å². The summed E-state index contributed by atoms with van der Waals surface area (Å²) >= 11 is 3.42. The molecule has 1 aromatic heterocycles. The first kappa shape index (κ1) is 12.6. The first-order valence-electron chi connectivity index (χ1n) is 5.05. The summed E-state index contributed by atoms with van der Waals surface area (Å²) in [5.74, 6) is 1.38. The van der Waals surface area contributed by atoms with Crippen molar-refractivity contribution >= 4 is 22.1 Å². The van der Waals surface area contributed by atoms with E-state index >= 15 is 0 Å². The molecular weight excluding hydrogens is 300 g/mol. The zero-order valence-electron chi connectivity index (χ0n) is 9.87. The molecule has 0 fully saturated rings. The molecule has 0 aliphatic heterocycles. The molecule has 0 saturated heterocycles. The van der Waals surface area contributed by atoms with Gasteiger partial charge in [-0.25, -0.2) is 4.68 Å². The van der Waals surface area contributed by atoms with Gasteiger partial charge in [0, 0.05) is 11.6 Å². The van der Waals surface area contributed by atoms with Gasteiger partial charge in [-0.05, 0) is 22.0 Å². The third-order valence-electron chi connectivity index (χ3n) is 2.24. The standard InChI is InChI=1S/C11H11BrN4O2/c1-17-10-4-11(18-2)9(12)3-8(10)5-15-16-6-13-14-7-16/h3-7H,1-2H3/b15-5-. The van der Waals surface area contributed by atoms with Gasteiger partial charge in [-0.15, -0.1) is 10.2 Å². The van der Waals surface area contributed by atoms with Gasteiger partial charge in [0.05, 0.1) is 24.9 Å². The summed E-state index contributed by atoms with van der Waals surface area (Å²) in [5, 5.41) is 11.5. The van der Waals surface area contributed by atoms with E-state index in [-0.39, 0.29) is 0 Å². The molecule has 0 amide bonds. The maximum Gasteiger partial charge on any atom is 0.141 e. The number of aromatic nitrogens is 3. The predicted octanol–water partition coefficient (Wildman–Crippen LogP) is 1.94. The first-order valence-corrected chi connectivity index (χ1v) is 5.84. The molecule has 0 bridgehead atoms. The fraction of sp³-hybridized carbons (Fsp3) is 0.182. The van der Waals surface area contributed by atoms with Crippen molar-refractivity contribution in [1.29, 1.82) is 0 Å². The highest BCUT2D eigenvalue weighted by Gasteiger charge is 2.07. The molecule has 1 heterocycles. The summed E-state index contributed by atoms with van der Waals surface area (Å²) in [6.07, 6.45) is 4.66. The molecular formula is C11H11BrN4O2. The molecule has 2 rings (SSSR count). The second kappa shape index (κ2) is 5.63. The third kappa shape index (κ3) is 2.67. The normalized spacial score (nSPS) is 10.8.